The molecule has 2 aliphatic heterocycles. The average molecular weight is 381 g/mol. The second kappa shape index (κ2) is 7.87. The summed E-state index contributed by atoms with van der Waals surface area (Å²) in [6.07, 6.45) is 6.90. The van der Waals surface area contributed by atoms with Gasteiger partial charge >= 0.3 is 0 Å². The summed E-state index contributed by atoms with van der Waals surface area (Å²) in [6, 6.07) is 7.74. The van der Waals surface area contributed by atoms with Gasteiger partial charge in [0.15, 0.2) is 0 Å². The summed E-state index contributed by atoms with van der Waals surface area (Å²) in [5, 5.41) is 0. The molecule has 1 amide bonds. The second-order valence-corrected chi connectivity index (χ2v) is 7.92. The van der Waals surface area contributed by atoms with Crippen molar-refractivity contribution < 1.29 is 14.3 Å². The van der Waals surface area contributed by atoms with Crippen LogP contribution in [-0.4, -0.2) is 52.2 Å². The monoisotopic (exact) mass is 381 g/mol. The molecular weight excluding hydrogens is 354 g/mol. The Morgan fingerprint density at radius 2 is 2.07 bits per heavy atom. The second-order valence-electron chi connectivity index (χ2n) is 7.92. The van der Waals surface area contributed by atoms with Gasteiger partial charge in [0.2, 0.25) is 5.88 Å². The quantitative estimate of drug-likeness (QED) is 0.816. The molecule has 1 spiro atoms. The van der Waals surface area contributed by atoms with E-state index >= 15 is 0 Å². The van der Waals surface area contributed by atoms with Crippen molar-refractivity contribution in [3.63, 3.8) is 0 Å². The number of hydrogen-bond acceptors (Lipinski definition) is 5. The molecule has 0 N–H and O–H groups in total. The number of hydrogen-bond donors (Lipinski definition) is 0. The van der Waals surface area contributed by atoms with E-state index in [0.29, 0.717) is 31.1 Å². The summed E-state index contributed by atoms with van der Waals surface area (Å²) in [6.45, 7) is 6.00. The summed E-state index contributed by atoms with van der Waals surface area (Å²) in [5.74, 6) is 0.736. The van der Waals surface area contributed by atoms with Crippen LogP contribution in [0.4, 0.5) is 0 Å². The zero-order valence-electron chi connectivity index (χ0n) is 16.6. The third kappa shape index (κ3) is 4.17. The number of aryl methyl sites for hydroxylation is 2. The van der Waals surface area contributed by atoms with Crippen LogP contribution in [0.15, 0.2) is 36.7 Å². The number of rotatable bonds is 3. The minimum absolute atomic E-state index is 0.0543. The van der Waals surface area contributed by atoms with Gasteiger partial charge in [-0.25, -0.2) is 4.98 Å². The molecule has 0 bridgehead atoms. The van der Waals surface area contributed by atoms with Crippen LogP contribution in [0, 0.1) is 13.8 Å². The summed E-state index contributed by atoms with van der Waals surface area (Å²) in [5.41, 5.74) is 2.41. The van der Waals surface area contributed by atoms with Crippen molar-refractivity contribution in [1.82, 2.24) is 14.9 Å². The van der Waals surface area contributed by atoms with Crippen molar-refractivity contribution in [2.45, 2.75) is 51.2 Å². The fourth-order valence-corrected chi connectivity index (χ4v) is 4.16. The summed E-state index contributed by atoms with van der Waals surface area (Å²) in [4.78, 5) is 23.3. The van der Waals surface area contributed by atoms with E-state index in [1.165, 1.54) is 0 Å². The standard InChI is InChI=1S/C22H27N3O3/c1-16-12-18(15-23-14-16)21(26)25-9-7-22(8-10-25)13-19(6-11-27-22)28-20-5-3-4-17(2)24-20/h3-5,12,14-15,19H,6-11,13H2,1-2H3. The number of carbonyl (C=O) groups is 1. The van der Waals surface area contributed by atoms with Crippen LogP contribution in [0.1, 0.15) is 47.3 Å². The molecule has 1 atom stereocenters. The SMILES string of the molecule is Cc1cncc(C(=O)N2CCC3(CC2)CC(Oc2cccc(C)n2)CCO3)c1. The number of amides is 1. The Kier molecular flexibility index (Phi) is 5.31. The number of likely N-dealkylation sites (tertiary alicyclic amines) is 1. The first-order valence-electron chi connectivity index (χ1n) is 9.98. The molecule has 1 unspecified atom stereocenters. The molecule has 4 rings (SSSR count). The van der Waals surface area contributed by atoms with Gasteiger partial charge < -0.3 is 14.4 Å². The van der Waals surface area contributed by atoms with Crippen LogP contribution in [-0.2, 0) is 4.74 Å². The molecule has 6 heteroatoms. The van der Waals surface area contributed by atoms with Crippen LogP contribution < -0.4 is 4.74 Å². The molecule has 2 aliphatic rings. The van der Waals surface area contributed by atoms with Crippen LogP contribution in [0.2, 0.25) is 0 Å². The van der Waals surface area contributed by atoms with Gasteiger partial charge in [-0.1, -0.05) is 6.07 Å². The molecule has 0 radical (unpaired) electrons. The minimum Gasteiger partial charge on any atom is -0.474 e. The Morgan fingerprint density at radius 3 is 2.82 bits per heavy atom. The first-order valence-corrected chi connectivity index (χ1v) is 9.98. The maximum Gasteiger partial charge on any atom is 0.255 e. The van der Waals surface area contributed by atoms with Gasteiger partial charge in [0.1, 0.15) is 6.10 Å². The van der Waals surface area contributed by atoms with Crippen LogP contribution in [0.3, 0.4) is 0 Å². The van der Waals surface area contributed by atoms with E-state index in [2.05, 4.69) is 9.97 Å². The number of pyridine rings is 2. The van der Waals surface area contributed by atoms with Crippen molar-refractivity contribution in [3.8, 4) is 5.88 Å². The van der Waals surface area contributed by atoms with Crippen molar-refractivity contribution in [3.05, 3.63) is 53.5 Å². The Hall–Kier alpha value is -2.47. The first kappa shape index (κ1) is 18.9. The largest absolute Gasteiger partial charge is 0.474 e. The van der Waals surface area contributed by atoms with Gasteiger partial charge in [-0.05, 0) is 44.4 Å². The molecule has 0 aromatic carbocycles. The Bertz CT molecular complexity index is 846. The molecule has 4 heterocycles. The average Bonchev–Trinajstić information content (AvgIpc) is 2.68. The summed E-state index contributed by atoms with van der Waals surface area (Å²) >= 11 is 0. The van der Waals surface area contributed by atoms with Crippen LogP contribution in [0.5, 0.6) is 5.88 Å². The smallest absolute Gasteiger partial charge is 0.255 e. The van der Waals surface area contributed by atoms with Crippen molar-refractivity contribution in [1.29, 1.82) is 0 Å². The van der Waals surface area contributed by atoms with E-state index in [1.54, 1.807) is 12.4 Å². The molecule has 0 saturated carbocycles. The maximum atomic E-state index is 12.8. The van der Waals surface area contributed by atoms with E-state index in [9.17, 15) is 4.79 Å². The fourth-order valence-electron chi connectivity index (χ4n) is 4.16. The van der Waals surface area contributed by atoms with Gasteiger partial charge in [0, 0.05) is 50.1 Å². The number of aromatic nitrogens is 2. The molecule has 2 aromatic heterocycles. The zero-order valence-corrected chi connectivity index (χ0v) is 16.6. The highest BCUT2D eigenvalue weighted by Gasteiger charge is 2.42. The first-order chi connectivity index (χ1) is 13.5. The lowest BCUT2D eigenvalue weighted by Crippen LogP contribution is -2.52. The molecule has 148 valence electrons. The third-order valence-electron chi connectivity index (χ3n) is 5.68. The van der Waals surface area contributed by atoms with Crippen molar-refractivity contribution in [2.75, 3.05) is 19.7 Å². The number of carbonyl (C=O) groups excluding carboxylic acids is 1. The highest BCUT2D eigenvalue weighted by Crippen LogP contribution is 2.36. The molecule has 2 saturated heterocycles. The predicted octanol–water partition coefficient (Wildman–Crippen LogP) is 3.33. The van der Waals surface area contributed by atoms with E-state index in [0.717, 1.165) is 36.9 Å². The third-order valence-corrected chi connectivity index (χ3v) is 5.68. The highest BCUT2D eigenvalue weighted by atomic mass is 16.5. The number of ether oxygens (including phenoxy) is 2. The van der Waals surface area contributed by atoms with Gasteiger partial charge in [-0.15, -0.1) is 0 Å². The lowest BCUT2D eigenvalue weighted by atomic mass is 9.83. The number of piperidine rings is 1. The Labute approximate surface area is 165 Å². The fraction of sp³-hybridized carbons (Fsp3) is 0.500. The lowest BCUT2D eigenvalue weighted by molar-refractivity contribution is -0.135. The van der Waals surface area contributed by atoms with Crippen LogP contribution >= 0.6 is 0 Å². The minimum atomic E-state index is -0.200. The predicted molar refractivity (Wildman–Crippen MR) is 105 cm³/mol. The molecule has 0 aliphatic carbocycles. The summed E-state index contributed by atoms with van der Waals surface area (Å²) in [7, 11) is 0. The van der Waals surface area contributed by atoms with Gasteiger partial charge in [0.05, 0.1) is 17.8 Å². The lowest BCUT2D eigenvalue weighted by Gasteiger charge is -2.45. The molecule has 2 fully saturated rings. The normalized spacial score (nSPS) is 21.5. The topological polar surface area (TPSA) is 64.6 Å². The van der Waals surface area contributed by atoms with Crippen LogP contribution in [0.25, 0.3) is 0 Å². The van der Waals surface area contributed by atoms with E-state index in [1.807, 2.05) is 43.0 Å². The molecule has 2 aromatic rings. The van der Waals surface area contributed by atoms with E-state index in [-0.39, 0.29) is 17.6 Å². The highest BCUT2D eigenvalue weighted by molar-refractivity contribution is 5.94. The van der Waals surface area contributed by atoms with Gasteiger partial charge in [-0.3, -0.25) is 9.78 Å². The van der Waals surface area contributed by atoms with Gasteiger partial charge in [0.25, 0.3) is 5.91 Å². The van der Waals surface area contributed by atoms with Crippen molar-refractivity contribution >= 4 is 5.91 Å². The molecular formula is C22H27N3O3. The molecule has 6 nitrogen and oxygen atoms in total. The Morgan fingerprint density at radius 1 is 1.25 bits per heavy atom. The van der Waals surface area contributed by atoms with E-state index < -0.39 is 0 Å². The number of nitrogens with zero attached hydrogens (tertiary/aromatic N) is 3. The molecule has 28 heavy (non-hydrogen) atoms. The van der Waals surface area contributed by atoms with Gasteiger partial charge in [-0.2, -0.15) is 0 Å². The maximum absolute atomic E-state index is 12.8. The summed E-state index contributed by atoms with van der Waals surface area (Å²) < 4.78 is 12.3. The van der Waals surface area contributed by atoms with E-state index in [4.69, 9.17) is 9.47 Å². The van der Waals surface area contributed by atoms with Crippen molar-refractivity contribution in [2.24, 2.45) is 0 Å². The Balaban J connectivity index is 1.37. The zero-order chi connectivity index (χ0) is 19.6.